The Hall–Kier alpha value is -3.95. The van der Waals surface area contributed by atoms with E-state index in [4.69, 9.17) is 28.9 Å². The van der Waals surface area contributed by atoms with E-state index in [2.05, 4.69) is 13.2 Å². The Morgan fingerprint density at radius 1 is 1.04 bits per heavy atom. The molecule has 1 saturated heterocycles. The topological polar surface area (TPSA) is 117 Å². The van der Waals surface area contributed by atoms with Crippen molar-refractivity contribution in [2.24, 2.45) is 23.2 Å². The highest BCUT2D eigenvalue weighted by Gasteiger charge is 2.53. The van der Waals surface area contributed by atoms with Crippen LogP contribution in [-0.4, -0.2) is 70.2 Å². The van der Waals surface area contributed by atoms with Crippen molar-refractivity contribution in [2.45, 2.75) is 117 Å². The van der Waals surface area contributed by atoms with Crippen molar-refractivity contribution >= 4 is 35.0 Å². The molecule has 1 aliphatic carbocycles. The summed E-state index contributed by atoms with van der Waals surface area (Å²) in [6.45, 7) is 21.1. The van der Waals surface area contributed by atoms with Crippen LogP contribution in [0.15, 0.2) is 37.4 Å². The van der Waals surface area contributed by atoms with E-state index in [9.17, 15) is 14.4 Å². The second-order valence-electron chi connectivity index (χ2n) is 15.4. The summed E-state index contributed by atoms with van der Waals surface area (Å²) in [5.41, 5.74) is 0.299. The summed E-state index contributed by atoms with van der Waals surface area (Å²) in [6.07, 6.45) is 7.80. The van der Waals surface area contributed by atoms with Crippen molar-refractivity contribution in [1.29, 1.82) is 0 Å². The number of esters is 2. The van der Waals surface area contributed by atoms with Crippen molar-refractivity contribution in [3.8, 4) is 11.6 Å². The SMILES string of the molecule is C=CCCC[C@@H]1C[C@H]1OC(=O)C[C@H](C(=O)N1C[C@H](Oc2nc3cc(OC)ccc3nc2C=C)[C@@H](CCC)[C@H]1C(=O)OC(C)(C)C)C(C)(C)C. The lowest BCUT2D eigenvalue weighted by Crippen LogP contribution is -2.50. The number of methoxy groups -OCH3 is 1. The molecule has 10 heteroatoms. The molecular formula is C39H55N3O7. The van der Waals surface area contributed by atoms with Gasteiger partial charge in [-0.25, -0.2) is 14.8 Å². The zero-order chi connectivity index (χ0) is 36.1. The highest BCUT2D eigenvalue weighted by Crippen LogP contribution is 2.41. The average molecular weight is 678 g/mol. The standard InChI is InChI=1S/C39H55N3O7/c1-11-14-15-17-24-20-31(24)47-33(43)22-27(38(4,5)6)36(44)42-23-32(26(16-12-2)34(42)37(45)49-39(7,8)9)48-35-28(13-3)40-29-19-18-25(46-10)21-30(29)41-35/h11,13,18-19,21,24,26-27,31-32,34H,1,3,12,14-17,20,22-23H2,2,4-10H3/t24-,26-,27-,31-,32+,34+/m1/s1. The molecule has 1 aliphatic heterocycles. The smallest absolute Gasteiger partial charge is 0.329 e. The molecule has 1 aromatic heterocycles. The molecule has 1 aromatic carbocycles. The molecular weight excluding hydrogens is 622 g/mol. The van der Waals surface area contributed by atoms with Gasteiger partial charge >= 0.3 is 11.9 Å². The molecule has 0 unspecified atom stereocenters. The Morgan fingerprint density at radius 3 is 2.39 bits per heavy atom. The summed E-state index contributed by atoms with van der Waals surface area (Å²) >= 11 is 0. The monoisotopic (exact) mass is 677 g/mol. The second kappa shape index (κ2) is 15.7. The molecule has 0 N–H and O–H groups in total. The zero-order valence-electron chi connectivity index (χ0n) is 30.6. The van der Waals surface area contributed by atoms with E-state index in [0.717, 1.165) is 32.1 Å². The third-order valence-electron chi connectivity index (χ3n) is 9.31. The fraction of sp³-hybridized carbons (Fsp3) is 0.615. The molecule has 1 amide bonds. The Balaban J connectivity index is 1.65. The number of fused-ring (bicyclic) bond motifs is 1. The van der Waals surface area contributed by atoms with Gasteiger partial charge < -0.3 is 23.8 Å². The Labute approximate surface area is 291 Å². The minimum atomic E-state index is -0.920. The van der Waals surface area contributed by atoms with E-state index >= 15 is 0 Å². The maximum Gasteiger partial charge on any atom is 0.329 e. The number of hydrogen-bond donors (Lipinski definition) is 0. The molecule has 0 bridgehead atoms. The molecule has 4 rings (SSSR count). The van der Waals surface area contributed by atoms with Gasteiger partial charge in [0.1, 0.15) is 35.3 Å². The van der Waals surface area contributed by atoms with E-state index in [1.54, 1.807) is 44.9 Å². The van der Waals surface area contributed by atoms with Crippen molar-refractivity contribution in [3.05, 3.63) is 43.1 Å². The van der Waals surface area contributed by atoms with Gasteiger partial charge in [-0.2, -0.15) is 0 Å². The Morgan fingerprint density at radius 2 is 1.78 bits per heavy atom. The van der Waals surface area contributed by atoms with Crippen molar-refractivity contribution in [3.63, 3.8) is 0 Å². The number of nitrogens with zero attached hydrogens (tertiary/aromatic N) is 3. The summed E-state index contributed by atoms with van der Waals surface area (Å²) in [6, 6.07) is 4.48. The van der Waals surface area contributed by atoms with Crippen LogP contribution in [0.2, 0.25) is 0 Å². The van der Waals surface area contributed by atoms with Gasteiger partial charge in [0.25, 0.3) is 0 Å². The van der Waals surface area contributed by atoms with E-state index < -0.39 is 46.9 Å². The third-order valence-corrected chi connectivity index (χ3v) is 9.31. The normalized spacial score (nSPS) is 22.7. The minimum Gasteiger partial charge on any atom is -0.497 e. The van der Waals surface area contributed by atoms with Gasteiger partial charge in [-0.15, -0.1) is 6.58 Å². The molecule has 2 aliphatic rings. The lowest BCUT2D eigenvalue weighted by atomic mass is 9.77. The summed E-state index contributed by atoms with van der Waals surface area (Å²) in [7, 11) is 1.58. The molecule has 49 heavy (non-hydrogen) atoms. The van der Waals surface area contributed by atoms with Crippen LogP contribution < -0.4 is 9.47 Å². The van der Waals surface area contributed by atoms with Gasteiger partial charge in [-0.05, 0) is 82.4 Å². The van der Waals surface area contributed by atoms with Gasteiger partial charge in [0.2, 0.25) is 11.8 Å². The molecule has 268 valence electrons. The highest BCUT2D eigenvalue weighted by atomic mass is 16.6. The number of carbonyl (C=O) groups excluding carboxylic acids is 3. The second-order valence-corrected chi connectivity index (χ2v) is 15.4. The number of unbranched alkanes of at least 4 members (excludes halogenated alkanes) is 1. The van der Waals surface area contributed by atoms with Crippen LogP contribution in [-0.2, 0) is 23.9 Å². The number of rotatable bonds is 15. The first kappa shape index (κ1) is 37.9. The van der Waals surface area contributed by atoms with E-state index in [1.165, 1.54) is 0 Å². The maximum atomic E-state index is 14.7. The number of hydrogen-bond acceptors (Lipinski definition) is 9. The molecule has 0 spiro atoms. The average Bonchev–Trinajstić information content (AvgIpc) is 3.66. The molecule has 1 saturated carbocycles. The minimum absolute atomic E-state index is 0.0850. The Bertz CT molecular complexity index is 1520. The quantitative estimate of drug-likeness (QED) is 0.108. The van der Waals surface area contributed by atoms with Crippen LogP contribution in [0.25, 0.3) is 17.1 Å². The van der Waals surface area contributed by atoms with Gasteiger partial charge in [0, 0.05) is 12.0 Å². The van der Waals surface area contributed by atoms with Gasteiger partial charge in [-0.3, -0.25) is 9.59 Å². The van der Waals surface area contributed by atoms with Crippen molar-refractivity contribution in [1.82, 2.24) is 14.9 Å². The molecule has 10 nitrogen and oxygen atoms in total. The number of carbonyl (C=O) groups is 3. The number of ether oxygens (including phenoxy) is 4. The molecule has 2 heterocycles. The lowest BCUT2D eigenvalue weighted by molar-refractivity contribution is -0.167. The largest absolute Gasteiger partial charge is 0.497 e. The maximum absolute atomic E-state index is 14.7. The number of amides is 1. The van der Waals surface area contributed by atoms with Gasteiger partial charge in [0.05, 0.1) is 37.0 Å². The van der Waals surface area contributed by atoms with E-state index in [-0.39, 0.29) is 30.9 Å². The predicted octanol–water partition coefficient (Wildman–Crippen LogP) is 7.34. The van der Waals surface area contributed by atoms with Crippen LogP contribution in [0.4, 0.5) is 0 Å². The highest BCUT2D eigenvalue weighted by molar-refractivity contribution is 5.90. The van der Waals surface area contributed by atoms with Crippen LogP contribution >= 0.6 is 0 Å². The predicted molar refractivity (Wildman–Crippen MR) is 190 cm³/mol. The number of benzene rings is 1. The summed E-state index contributed by atoms with van der Waals surface area (Å²) < 4.78 is 23.8. The molecule has 2 fully saturated rings. The molecule has 6 atom stereocenters. The first-order valence-electron chi connectivity index (χ1n) is 17.6. The Kier molecular flexibility index (Phi) is 12.2. The number of likely N-dealkylation sites (tertiary alicyclic amines) is 1. The number of allylic oxidation sites excluding steroid dienone is 1. The molecule has 2 aromatic rings. The first-order chi connectivity index (χ1) is 23.1. The van der Waals surface area contributed by atoms with Crippen LogP contribution in [0.1, 0.15) is 99.1 Å². The van der Waals surface area contributed by atoms with Gasteiger partial charge in [0.15, 0.2) is 0 Å². The fourth-order valence-corrected chi connectivity index (χ4v) is 6.63. The summed E-state index contributed by atoms with van der Waals surface area (Å²) in [4.78, 5) is 53.0. The van der Waals surface area contributed by atoms with E-state index in [1.807, 2.05) is 45.9 Å². The van der Waals surface area contributed by atoms with Gasteiger partial charge in [-0.1, -0.05) is 46.8 Å². The summed E-state index contributed by atoms with van der Waals surface area (Å²) in [5, 5.41) is 0. The van der Waals surface area contributed by atoms with Crippen LogP contribution in [0.5, 0.6) is 11.6 Å². The van der Waals surface area contributed by atoms with Crippen molar-refractivity contribution < 1.29 is 33.3 Å². The zero-order valence-corrected chi connectivity index (χ0v) is 30.6. The lowest BCUT2D eigenvalue weighted by Gasteiger charge is -2.35. The first-order valence-corrected chi connectivity index (χ1v) is 17.6. The van der Waals surface area contributed by atoms with Crippen LogP contribution in [0.3, 0.4) is 0 Å². The van der Waals surface area contributed by atoms with Crippen molar-refractivity contribution in [2.75, 3.05) is 13.7 Å². The molecule has 0 radical (unpaired) electrons. The van der Waals surface area contributed by atoms with Crippen LogP contribution in [0, 0.1) is 23.2 Å². The fourth-order valence-electron chi connectivity index (χ4n) is 6.63. The third kappa shape index (κ3) is 9.61. The summed E-state index contributed by atoms with van der Waals surface area (Å²) in [5.74, 6) is -1.10. The number of aromatic nitrogens is 2. The van der Waals surface area contributed by atoms with E-state index in [0.29, 0.717) is 34.8 Å².